The molecule has 1 fully saturated rings. The minimum atomic E-state index is -0.429. The first-order valence-electron chi connectivity index (χ1n) is 7.93. The van der Waals surface area contributed by atoms with Crippen molar-refractivity contribution in [2.24, 2.45) is 5.92 Å². The fraction of sp³-hybridized carbons (Fsp3) is 0.389. The number of likely N-dealkylation sites (tertiary alicyclic amines) is 1. The second-order valence-electron chi connectivity index (χ2n) is 5.66. The molecular formula is C18H19ClN2O4. The molecule has 6 nitrogen and oxygen atoms in total. The minimum absolute atomic E-state index is 0.0860. The van der Waals surface area contributed by atoms with Crippen LogP contribution >= 0.6 is 11.6 Å². The van der Waals surface area contributed by atoms with E-state index >= 15 is 0 Å². The fourth-order valence-electron chi connectivity index (χ4n) is 2.55. The number of ether oxygens (including phenoxy) is 1. The van der Waals surface area contributed by atoms with Gasteiger partial charge in [-0.2, -0.15) is 0 Å². The van der Waals surface area contributed by atoms with Crippen molar-refractivity contribution < 1.29 is 19.1 Å². The minimum Gasteiger partial charge on any atom is -0.455 e. The first kappa shape index (κ1) is 18.8. The van der Waals surface area contributed by atoms with E-state index in [0.717, 1.165) is 0 Å². The normalized spacial score (nSPS) is 14.5. The summed E-state index contributed by atoms with van der Waals surface area (Å²) in [5.74, 6) is 1.02. The van der Waals surface area contributed by atoms with Crippen molar-refractivity contribution in [1.82, 2.24) is 10.2 Å². The van der Waals surface area contributed by atoms with Crippen LogP contribution in [0.1, 0.15) is 23.2 Å². The molecular weight excluding hydrogens is 344 g/mol. The molecule has 1 aromatic carbocycles. The SMILES string of the molecule is C#CCNC(=O)COC(=O)C1CCN(C(=O)c2ccc(Cl)cc2)CC1. The van der Waals surface area contributed by atoms with Gasteiger partial charge in [0.15, 0.2) is 6.61 Å². The van der Waals surface area contributed by atoms with Gasteiger partial charge in [0.1, 0.15) is 0 Å². The Kier molecular flexibility index (Phi) is 6.84. The Bertz CT molecular complexity index is 673. The van der Waals surface area contributed by atoms with Crippen LogP contribution in [-0.2, 0) is 14.3 Å². The first-order valence-corrected chi connectivity index (χ1v) is 8.30. The zero-order valence-electron chi connectivity index (χ0n) is 13.7. The summed E-state index contributed by atoms with van der Waals surface area (Å²) in [6.07, 6.45) is 6.03. The van der Waals surface area contributed by atoms with Crippen LogP contribution in [0.25, 0.3) is 0 Å². The number of terminal acetylenes is 1. The molecule has 25 heavy (non-hydrogen) atoms. The third kappa shape index (κ3) is 5.50. The van der Waals surface area contributed by atoms with Gasteiger partial charge >= 0.3 is 5.97 Å². The first-order chi connectivity index (χ1) is 12.0. The number of benzene rings is 1. The maximum Gasteiger partial charge on any atom is 0.309 e. The molecule has 0 radical (unpaired) electrons. The number of hydrogen-bond acceptors (Lipinski definition) is 4. The molecule has 1 N–H and O–H groups in total. The molecule has 2 rings (SSSR count). The van der Waals surface area contributed by atoms with E-state index in [-0.39, 0.29) is 25.0 Å². The molecule has 0 atom stereocenters. The van der Waals surface area contributed by atoms with E-state index in [4.69, 9.17) is 22.8 Å². The van der Waals surface area contributed by atoms with E-state index in [1.165, 1.54) is 0 Å². The molecule has 1 aromatic rings. The van der Waals surface area contributed by atoms with Gasteiger partial charge in [-0.1, -0.05) is 17.5 Å². The summed E-state index contributed by atoms with van der Waals surface area (Å²) in [5.41, 5.74) is 0.565. The maximum atomic E-state index is 12.4. The lowest BCUT2D eigenvalue weighted by Crippen LogP contribution is -2.41. The van der Waals surface area contributed by atoms with Crippen molar-refractivity contribution in [1.29, 1.82) is 0 Å². The smallest absolute Gasteiger partial charge is 0.309 e. The molecule has 1 aliphatic rings. The molecule has 1 heterocycles. The van der Waals surface area contributed by atoms with Crippen LogP contribution in [0.5, 0.6) is 0 Å². The highest BCUT2D eigenvalue weighted by molar-refractivity contribution is 6.30. The predicted octanol–water partition coefficient (Wildman–Crippen LogP) is 1.48. The summed E-state index contributed by atoms with van der Waals surface area (Å²) in [4.78, 5) is 37.5. The van der Waals surface area contributed by atoms with Crippen LogP contribution in [-0.4, -0.2) is 48.9 Å². The number of esters is 1. The number of rotatable bonds is 5. The summed E-state index contributed by atoms with van der Waals surface area (Å²) in [5, 5.41) is 2.99. The summed E-state index contributed by atoms with van der Waals surface area (Å²) in [6, 6.07) is 6.70. The molecule has 132 valence electrons. The monoisotopic (exact) mass is 362 g/mol. The lowest BCUT2D eigenvalue weighted by atomic mass is 9.96. The summed E-state index contributed by atoms with van der Waals surface area (Å²) >= 11 is 5.82. The van der Waals surface area contributed by atoms with Gasteiger partial charge in [-0.15, -0.1) is 6.42 Å². The Labute approximate surface area is 151 Å². The van der Waals surface area contributed by atoms with Gasteiger partial charge in [0, 0.05) is 23.7 Å². The lowest BCUT2D eigenvalue weighted by molar-refractivity contribution is -0.153. The van der Waals surface area contributed by atoms with Crippen molar-refractivity contribution in [3.8, 4) is 12.3 Å². The standard InChI is InChI=1S/C18H19ClN2O4/c1-2-9-20-16(22)12-25-18(24)14-7-10-21(11-8-14)17(23)13-3-5-15(19)6-4-13/h1,3-6,14H,7-12H2,(H,20,22). The van der Waals surface area contributed by atoms with Crippen LogP contribution < -0.4 is 5.32 Å². The summed E-state index contributed by atoms with van der Waals surface area (Å²) in [6.45, 7) is 0.682. The number of halogens is 1. The van der Waals surface area contributed by atoms with Crippen LogP contribution in [0.4, 0.5) is 0 Å². The lowest BCUT2D eigenvalue weighted by Gasteiger charge is -2.31. The van der Waals surface area contributed by atoms with E-state index in [1.54, 1.807) is 29.2 Å². The Morgan fingerprint density at radius 3 is 2.48 bits per heavy atom. The van der Waals surface area contributed by atoms with E-state index < -0.39 is 11.9 Å². The topological polar surface area (TPSA) is 75.7 Å². The molecule has 0 saturated carbocycles. The molecule has 0 spiro atoms. The maximum absolute atomic E-state index is 12.4. The Morgan fingerprint density at radius 1 is 1.24 bits per heavy atom. The van der Waals surface area contributed by atoms with Gasteiger partial charge in [-0.25, -0.2) is 0 Å². The zero-order chi connectivity index (χ0) is 18.2. The average Bonchev–Trinajstić information content (AvgIpc) is 2.64. The number of nitrogens with zero attached hydrogens (tertiary/aromatic N) is 1. The largest absolute Gasteiger partial charge is 0.455 e. The Balaban J connectivity index is 1.78. The van der Waals surface area contributed by atoms with Crippen molar-refractivity contribution in [3.05, 3.63) is 34.9 Å². The van der Waals surface area contributed by atoms with Gasteiger partial charge in [0.05, 0.1) is 12.5 Å². The second-order valence-corrected chi connectivity index (χ2v) is 6.10. The van der Waals surface area contributed by atoms with Crippen LogP contribution in [0.2, 0.25) is 5.02 Å². The summed E-state index contributed by atoms with van der Waals surface area (Å²) in [7, 11) is 0. The Hall–Kier alpha value is -2.52. The van der Waals surface area contributed by atoms with Crippen LogP contribution in [0.15, 0.2) is 24.3 Å². The molecule has 0 aliphatic carbocycles. The van der Waals surface area contributed by atoms with Crippen molar-refractivity contribution >= 4 is 29.4 Å². The molecule has 0 bridgehead atoms. The summed E-state index contributed by atoms with van der Waals surface area (Å²) < 4.78 is 5.00. The third-order valence-electron chi connectivity index (χ3n) is 3.94. The quantitative estimate of drug-likeness (QED) is 0.636. The average molecular weight is 363 g/mol. The molecule has 0 aromatic heterocycles. The van der Waals surface area contributed by atoms with E-state index in [0.29, 0.717) is 36.5 Å². The van der Waals surface area contributed by atoms with Crippen molar-refractivity contribution in [3.63, 3.8) is 0 Å². The predicted molar refractivity (Wildman–Crippen MR) is 92.9 cm³/mol. The van der Waals surface area contributed by atoms with E-state index in [2.05, 4.69) is 11.2 Å². The second kappa shape index (κ2) is 9.09. The number of carbonyl (C=O) groups is 3. The highest BCUT2D eigenvalue weighted by Gasteiger charge is 2.29. The molecule has 7 heteroatoms. The number of piperidine rings is 1. The fourth-order valence-corrected chi connectivity index (χ4v) is 2.67. The van der Waals surface area contributed by atoms with E-state index in [9.17, 15) is 14.4 Å². The highest BCUT2D eigenvalue weighted by Crippen LogP contribution is 2.21. The van der Waals surface area contributed by atoms with Gasteiger partial charge in [-0.05, 0) is 37.1 Å². The van der Waals surface area contributed by atoms with Crippen molar-refractivity contribution in [2.45, 2.75) is 12.8 Å². The highest BCUT2D eigenvalue weighted by atomic mass is 35.5. The third-order valence-corrected chi connectivity index (χ3v) is 4.19. The van der Waals surface area contributed by atoms with Gasteiger partial charge in [0.25, 0.3) is 11.8 Å². The molecule has 1 saturated heterocycles. The number of nitrogens with one attached hydrogen (secondary N) is 1. The van der Waals surface area contributed by atoms with Gasteiger partial charge in [-0.3, -0.25) is 14.4 Å². The van der Waals surface area contributed by atoms with Crippen LogP contribution in [0, 0.1) is 18.3 Å². The van der Waals surface area contributed by atoms with Crippen LogP contribution in [0.3, 0.4) is 0 Å². The number of amides is 2. The molecule has 1 aliphatic heterocycles. The molecule has 0 unspecified atom stereocenters. The Morgan fingerprint density at radius 2 is 1.88 bits per heavy atom. The van der Waals surface area contributed by atoms with Gasteiger partial charge in [0.2, 0.25) is 0 Å². The number of carbonyl (C=O) groups excluding carboxylic acids is 3. The number of hydrogen-bond donors (Lipinski definition) is 1. The van der Waals surface area contributed by atoms with Crippen molar-refractivity contribution in [2.75, 3.05) is 26.2 Å². The zero-order valence-corrected chi connectivity index (χ0v) is 14.4. The van der Waals surface area contributed by atoms with E-state index in [1.807, 2.05) is 0 Å². The molecule has 2 amide bonds. The van der Waals surface area contributed by atoms with Gasteiger partial charge < -0.3 is 15.0 Å².